The van der Waals surface area contributed by atoms with E-state index in [4.69, 9.17) is 4.98 Å². The van der Waals surface area contributed by atoms with Gasteiger partial charge in [-0.3, -0.25) is 14.2 Å². The van der Waals surface area contributed by atoms with Crippen LogP contribution in [0, 0.1) is 12.8 Å². The van der Waals surface area contributed by atoms with E-state index in [2.05, 4.69) is 6.92 Å². The van der Waals surface area contributed by atoms with Crippen LogP contribution in [0.15, 0.2) is 53.3 Å². The Kier molecular flexibility index (Phi) is 8.37. The molecule has 0 radical (unpaired) electrons. The third kappa shape index (κ3) is 5.66. The van der Waals surface area contributed by atoms with Gasteiger partial charge in [-0.1, -0.05) is 69.7 Å². The molecule has 0 spiro atoms. The molecule has 1 saturated carbocycles. The number of para-hydroxylation sites is 1. The first kappa shape index (κ1) is 25.2. The maximum absolute atomic E-state index is 13.8. The van der Waals surface area contributed by atoms with E-state index in [9.17, 15) is 9.59 Å². The molecule has 1 aliphatic rings. The van der Waals surface area contributed by atoms with Gasteiger partial charge in [0.05, 0.1) is 22.6 Å². The van der Waals surface area contributed by atoms with Gasteiger partial charge < -0.3 is 4.90 Å². The lowest BCUT2D eigenvalue weighted by atomic mass is 9.88. The van der Waals surface area contributed by atoms with Crippen LogP contribution >= 0.6 is 0 Å². The van der Waals surface area contributed by atoms with Crippen molar-refractivity contribution >= 4 is 16.8 Å². The fourth-order valence-electron chi connectivity index (χ4n) is 5.37. The Bertz CT molecular complexity index is 1210. The molecule has 4 rings (SSSR count). The van der Waals surface area contributed by atoms with Crippen molar-refractivity contribution in [1.82, 2.24) is 14.5 Å². The molecule has 1 heterocycles. The predicted octanol–water partition coefficient (Wildman–Crippen LogP) is 6.74. The van der Waals surface area contributed by atoms with Crippen molar-refractivity contribution in [3.05, 3.63) is 70.3 Å². The number of amides is 1. The van der Waals surface area contributed by atoms with E-state index in [1.165, 1.54) is 12.8 Å². The van der Waals surface area contributed by atoms with Crippen molar-refractivity contribution in [3.63, 3.8) is 0 Å². The molecule has 0 saturated heterocycles. The molecule has 1 fully saturated rings. The second-order valence-corrected chi connectivity index (χ2v) is 10.1. The number of benzene rings is 2. The van der Waals surface area contributed by atoms with E-state index in [0.29, 0.717) is 23.3 Å². The van der Waals surface area contributed by atoms with E-state index < -0.39 is 0 Å². The number of carbonyl (C=O) groups excluding carboxylic acids is 1. The van der Waals surface area contributed by atoms with E-state index in [0.717, 1.165) is 56.2 Å². The van der Waals surface area contributed by atoms with Gasteiger partial charge in [0.2, 0.25) is 5.91 Å². The van der Waals surface area contributed by atoms with Crippen molar-refractivity contribution in [2.45, 2.75) is 84.6 Å². The van der Waals surface area contributed by atoms with Crippen LogP contribution in [0.2, 0.25) is 0 Å². The first-order chi connectivity index (χ1) is 17.0. The van der Waals surface area contributed by atoms with Crippen LogP contribution in [0.4, 0.5) is 0 Å². The van der Waals surface area contributed by atoms with Gasteiger partial charge in [-0.15, -0.1) is 0 Å². The van der Waals surface area contributed by atoms with Crippen molar-refractivity contribution in [2.75, 3.05) is 6.54 Å². The number of hydrogen-bond donors (Lipinski definition) is 0. The Balaban J connectivity index is 1.80. The van der Waals surface area contributed by atoms with Crippen LogP contribution in [-0.2, 0) is 4.79 Å². The van der Waals surface area contributed by atoms with Crippen LogP contribution in [0.25, 0.3) is 16.6 Å². The summed E-state index contributed by atoms with van der Waals surface area (Å²) >= 11 is 0. The minimum absolute atomic E-state index is 0.0805. The maximum Gasteiger partial charge on any atom is 0.266 e. The summed E-state index contributed by atoms with van der Waals surface area (Å²) in [4.78, 5) is 34.6. The largest absolute Gasteiger partial charge is 0.333 e. The van der Waals surface area contributed by atoms with Crippen LogP contribution in [0.1, 0.15) is 89.1 Å². The van der Waals surface area contributed by atoms with Crippen LogP contribution in [0.3, 0.4) is 0 Å². The maximum atomic E-state index is 13.8. The quantitative estimate of drug-likeness (QED) is 0.323. The molecular formula is C30H39N3O2. The zero-order chi connectivity index (χ0) is 24.8. The molecule has 3 aromatic rings. The molecule has 1 unspecified atom stereocenters. The minimum Gasteiger partial charge on any atom is -0.333 e. The number of fused-ring (bicyclic) bond motifs is 1. The fourth-order valence-corrected chi connectivity index (χ4v) is 5.37. The standard InChI is InChI=1S/C30H39N3O2/c1-4-5-6-12-20-32(29(34)24-15-8-7-9-16-24)23(3)28-31-27-19-11-10-18-26(27)30(35)33(28)25-17-13-14-22(2)21-25/h10-11,13-14,17-19,21,23-24H,4-9,12,15-16,20H2,1-3H3. The van der Waals surface area contributed by atoms with Crippen LogP contribution in [0.5, 0.6) is 0 Å². The monoisotopic (exact) mass is 473 g/mol. The Morgan fingerprint density at radius 3 is 2.57 bits per heavy atom. The normalized spacial score (nSPS) is 15.3. The fraction of sp³-hybridized carbons (Fsp3) is 0.500. The van der Waals surface area contributed by atoms with Gasteiger partial charge >= 0.3 is 0 Å². The van der Waals surface area contributed by atoms with Gasteiger partial charge in [0.1, 0.15) is 5.82 Å². The van der Waals surface area contributed by atoms with Crippen molar-refractivity contribution in [1.29, 1.82) is 0 Å². The zero-order valence-corrected chi connectivity index (χ0v) is 21.5. The molecule has 0 bridgehead atoms. The van der Waals surface area contributed by atoms with Gasteiger partial charge in [0, 0.05) is 12.5 Å². The van der Waals surface area contributed by atoms with Crippen molar-refractivity contribution < 1.29 is 4.79 Å². The van der Waals surface area contributed by atoms with Crippen LogP contribution < -0.4 is 5.56 Å². The van der Waals surface area contributed by atoms with Gasteiger partial charge in [0.25, 0.3) is 5.56 Å². The lowest BCUT2D eigenvalue weighted by molar-refractivity contribution is -0.139. The second-order valence-electron chi connectivity index (χ2n) is 10.1. The molecule has 1 atom stereocenters. The molecular weight excluding hydrogens is 434 g/mol. The Labute approximate surface area is 209 Å². The van der Waals surface area contributed by atoms with Crippen LogP contribution in [-0.4, -0.2) is 26.9 Å². The Morgan fingerprint density at radius 1 is 1.06 bits per heavy atom. The number of aryl methyl sites for hydroxylation is 1. The second kappa shape index (κ2) is 11.7. The number of nitrogens with zero attached hydrogens (tertiary/aromatic N) is 3. The average Bonchev–Trinajstić information content (AvgIpc) is 2.88. The number of aromatic nitrogens is 2. The molecule has 35 heavy (non-hydrogen) atoms. The van der Waals surface area contributed by atoms with Gasteiger partial charge in [-0.25, -0.2) is 4.98 Å². The van der Waals surface area contributed by atoms with Crippen molar-refractivity contribution in [3.8, 4) is 5.69 Å². The summed E-state index contributed by atoms with van der Waals surface area (Å²) in [5.74, 6) is 0.947. The molecule has 2 aromatic carbocycles. The lowest BCUT2D eigenvalue weighted by Crippen LogP contribution is -2.41. The van der Waals surface area contributed by atoms with Gasteiger partial charge in [0.15, 0.2) is 0 Å². The summed E-state index contributed by atoms with van der Waals surface area (Å²) in [7, 11) is 0. The third-order valence-corrected chi connectivity index (χ3v) is 7.39. The highest BCUT2D eigenvalue weighted by molar-refractivity contribution is 5.80. The topological polar surface area (TPSA) is 55.2 Å². The zero-order valence-electron chi connectivity index (χ0n) is 21.5. The number of unbranched alkanes of at least 4 members (excludes halogenated alkanes) is 3. The Morgan fingerprint density at radius 2 is 1.83 bits per heavy atom. The molecule has 0 N–H and O–H groups in total. The number of carbonyl (C=O) groups is 1. The summed E-state index contributed by atoms with van der Waals surface area (Å²) < 4.78 is 1.73. The predicted molar refractivity (Wildman–Crippen MR) is 143 cm³/mol. The summed E-state index contributed by atoms with van der Waals surface area (Å²) in [5.41, 5.74) is 2.47. The minimum atomic E-state index is -0.302. The van der Waals surface area contributed by atoms with E-state index in [-0.39, 0.29) is 23.4 Å². The van der Waals surface area contributed by atoms with E-state index in [1.807, 2.05) is 67.3 Å². The summed E-state index contributed by atoms with van der Waals surface area (Å²) in [6, 6.07) is 15.2. The first-order valence-corrected chi connectivity index (χ1v) is 13.4. The number of rotatable bonds is 9. The highest BCUT2D eigenvalue weighted by Crippen LogP contribution is 2.30. The summed E-state index contributed by atoms with van der Waals surface area (Å²) in [5, 5.41) is 0.595. The molecule has 186 valence electrons. The average molecular weight is 474 g/mol. The molecule has 5 heteroatoms. The SMILES string of the molecule is CCCCCCN(C(=O)C1CCCCC1)C(C)c1nc2ccccc2c(=O)n1-c1cccc(C)c1. The molecule has 5 nitrogen and oxygen atoms in total. The van der Waals surface area contributed by atoms with Gasteiger partial charge in [-0.2, -0.15) is 0 Å². The highest BCUT2D eigenvalue weighted by Gasteiger charge is 2.31. The smallest absolute Gasteiger partial charge is 0.266 e. The molecule has 1 aromatic heterocycles. The van der Waals surface area contributed by atoms with E-state index in [1.54, 1.807) is 4.57 Å². The summed E-state index contributed by atoms with van der Waals surface area (Å²) in [6.45, 7) is 6.97. The molecule has 0 aliphatic heterocycles. The summed E-state index contributed by atoms with van der Waals surface area (Å²) in [6.07, 6.45) is 9.79. The molecule has 1 amide bonds. The Hall–Kier alpha value is -2.95. The number of hydrogen-bond acceptors (Lipinski definition) is 3. The van der Waals surface area contributed by atoms with E-state index >= 15 is 0 Å². The van der Waals surface area contributed by atoms with Gasteiger partial charge in [-0.05, 0) is 62.9 Å². The molecule has 1 aliphatic carbocycles. The first-order valence-electron chi connectivity index (χ1n) is 13.4. The third-order valence-electron chi connectivity index (χ3n) is 7.39. The highest BCUT2D eigenvalue weighted by atomic mass is 16.2. The van der Waals surface area contributed by atoms with Crippen molar-refractivity contribution in [2.24, 2.45) is 5.92 Å². The lowest BCUT2D eigenvalue weighted by Gasteiger charge is -2.34.